The van der Waals surface area contributed by atoms with Crippen molar-refractivity contribution in [3.63, 3.8) is 0 Å². The maximum atomic E-state index is 13.4. The van der Waals surface area contributed by atoms with Crippen LogP contribution in [0.4, 0.5) is 0 Å². The molecule has 0 heterocycles. The Morgan fingerprint density at radius 1 is 0.952 bits per heavy atom. The largest absolute Gasteiger partial charge is 0.480 e. The average molecular weight is 611 g/mol. The van der Waals surface area contributed by atoms with E-state index in [4.69, 9.17) is 0 Å². The first-order valence-corrected chi connectivity index (χ1v) is 17.4. The fourth-order valence-electron chi connectivity index (χ4n) is 4.79. The number of carbonyl (C=O) groups excluding carboxylic acids is 1. The van der Waals surface area contributed by atoms with E-state index in [1.165, 1.54) is 11.8 Å². The number of aryl methyl sites for hydroxylation is 2. The van der Waals surface area contributed by atoms with Crippen molar-refractivity contribution in [3.8, 4) is 11.1 Å². The van der Waals surface area contributed by atoms with Gasteiger partial charge < -0.3 is 10.4 Å². The quantitative estimate of drug-likeness (QED) is 0.190. The summed E-state index contributed by atoms with van der Waals surface area (Å²) in [5.41, 5.74) is 4.72. The van der Waals surface area contributed by atoms with Crippen LogP contribution >= 0.6 is 11.8 Å². The number of rotatable bonds is 17. The first-order valence-electron chi connectivity index (χ1n) is 14.4. The number of amides is 1. The molecule has 9 heteroatoms. The predicted molar refractivity (Wildman–Crippen MR) is 172 cm³/mol. The maximum absolute atomic E-state index is 13.4. The van der Waals surface area contributed by atoms with Crippen molar-refractivity contribution in [2.75, 3.05) is 24.3 Å². The molecular weight excluding hydrogens is 569 g/mol. The van der Waals surface area contributed by atoms with E-state index in [1.807, 2.05) is 80.8 Å². The summed E-state index contributed by atoms with van der Waals surface area (Å²) < 4.78 is 28.4. The highest BCUT2D eigenvalue weighted by molar-refractivity contribution is 7.98. The van der Waals surface area contributed by atoms with Crippen LogP contribution in [0.1, 0.15) is 59.7 Å². The molecule has 1 amide bonds. The second-order valence-electron chi connectivity index (χ2n) is 10.4. The molecule has 0 fully saturated rings. The van der Waals surface area contributed by atoms with Gasteiger partial charge in [0.1, 0.15) is 6.04 Å². The molecule has 0 bridgehead atoms. The van der Waals surface area contributed by atoms with Crippen molar-refractivity contribution in [2.24, 2.45) is 0 Å². The highest BCUT2D eigenvalue weighted by atomic mass is 32.2. The highest BCUT2D eigenvalue weighted by Gasteiger charge is 2.25. The van der Waals surface area contributed by atoms with Gasteiger partial charge in [-0.05, 0) is 84.6 Å². The minimum absolute atomic E-state index is 0.0899. The number of thioether (sulfide) groups is 1. The first-order chi connectivity index (χ1) is 20.2. The van der Waals surface area contributed by atoms with Crippen molar-refractivity contribution in [3.05, 3.63) is 95.1 Å². The standard InChI is InChI=1S/C33H42N2O5S2/c1-4-5-22-42(39,40)35(20-11-15-26-13-7-6-8-14-26)24-27-17-18-29(30(23-27)28-16-10-9-12-25(28)2)32(36)34-31(33(37)38)19-21-41-3/h6-10,12-14,16-18,23,31H,4-5,11,15,19-22,24H2,1-3H3,(H,34,36)(H,37,38)/t31-/m1/s1. The number of nitrogens with one attached hydrogen (secondary N) is 1. The van der Waals surface area contributed by atoms with E-state index >= 15 is 0 Å². The highest BCUT2D eigenvalue weighted by Crippen LogP contribution is 2.29. The maximum Gasteiger partial charge on any atom is 0.326 e. The molecule has 0 spiro atoms. The molecule has 0 aliphatic carbocycles. The molecule has 3 rings (SSSR count). The second-order valence-corrected chi connectivity index (χ2v) is 13.5. The Bertz CT molecular complexity index is 1430. The smallest absolute Gasteiger partial charge is 0.326 e. The van der Waals surface area contributed by atoms with E-state index in [1.54, 1.807) is 16.4 Å². The molecular formula is C33H42N2O5S2. The Morgan fingerprint density at radius 2 is 1.67 bits per heavy atom. The number of unbranched alkanes of at least 4 members (excludes halogenated alkanes) is 1. The van der Waals surface area contributed by atoms with E-state index in [0.29, 0.717) is 42.7 Å². The lowest BCUT2D eigenvalue weighted by atomic mass is 9.93. The normalized spacial score (nSPS) is 12.3. The molecule has 7 nitrogen and oxygen atoms in total. The number of carboxylic acid groups (broad SMARTS) is 1. The zero-order valence-electron chi connectivity index (χ0n) is 24.7. The van der Waals surface area contributed by atoms with Crippen molar-refractivity contribution in [2.45, 2.75) is 58.5 Å². The van der Waals surface area contributed by atoms with Gasteiger partial charge in [-0.15, -0.1) is 0 Å². The van der Waals surface area contributed by atoms with Gasteiger partial charge in [0.25, 0.3) is 5.91 Å². The number of carboxylic acids is 1. The zero-order valence-corrected chi connectivity index (χ0v) is 26.3. The molecule has 42 heavy (non-hydrogen) atoms. The Hall–Kier alpha value is -3.14. The van der Waals surface area contributed by atoms with Crippen LogP contribution < -0.4 is 5.32 Å². The summed E-state index contributed by atoms with van der Waals surface area (Å²) in [7, 11) is -3.50. The lowest BCUT2D eigenvalue weighted by molar-refractivity contribution is -0.139. The van der Waals surface area contributed by atoms with Crippen LogP contribution in [-0.2, 0) is 27.8 Å². The van der Waals surface area contributed by atoms with Gasteiger partial charge in [-0.2, -0.15) is 16.1 Å². The van der Waals surface area contributed by atoms with E-state index in [2.05, 4.69) is 5.32 Å². The third kappa shape index (κ3) is 9.71. The zero-order chi connectivity index (χ0) is 30.5. The summed E-state index contributed by atoms with van der Waals surface area (Å²) in [5.74, 6) is -0.849. The summed E-state index contributed by atoms with van der Waals surface area (Å²) in [5, 5.41) is 12.4. The van der Waals surface area contributed by atoms with Gasteiger partial charge in [0.2, 0.25) is 10.0 Å². The third-order valence-electron chi connectivity index (χ3n) is 7.20. The monoisotopic (exact) mass is 610 g/mol. The van der Waals surface area contributed by atoms with E-state index in [-0.39, 0.29) is 12.3 Å². The van der Waals surface area contributed by atoms with Gasteiger partial charge in [-0.25, -0.2) is 13.2 Å². The Labute approximate surface area is 254 Å². The summed E-state index contributed by atoms with van der Waals surface area (Å²) >= 11 is 1.52. The molecule has 0 aliphatic rings. The third-order valence-corrected chi connectivity index (χ3v) is 9.75. The van der Waals surface area contributed by atoms with Gasteiger partial charge in [-0.3, -0.25) is 4.79 Å². The van der Waals surface area contributed by atoms with Crippen molar-refractivity contribution in [1.29, 1.82) is 0 Å². The van der Waals surface area contributed by atoms with Crippen LogP contribution in [0, 0.1) is 6.92 Å². The number of aliphatic carboxylic acids is 1. The average Bonchev–Trinajstić information content (AvgIpc) is 2.98. The molecule has 1 atom stereocenters. The van der Waals surface area contributed by atoms with Crippen LogP contribution in [0.15, 0.2) is 72.8 Å². The van der Waals surface area contributed by atoms with Gasteiger partial charge in [0, 0.05) is 18.7 Å². The molecule has 0 saturated carbocycles. The van der Waals surface area contributed by atoms with E-state index < -0.39 is 27.9 Å². The topological polar surface area (TPSA) is 104 Å². The number of carbonyl (C=O) groups is 2. The molecule has 0 radical (unpaired) electrons. The lowest BCUT2D eigenvalue weighted by Crippen LogP contribution is -2.41. The fourth-order valence-corrected chi connectivity index (χ4v) is 6.93. The number of hydrogen-bond donors (Lipinski definition) is 2. The summed E-state index contributed by atoms with van der Waals surface area (Å²) in [6.45, 7) is 4.50. The number of hydrogen-bond acceptors (Lipinski definition) is 5. The molecule has 3 aromatic carbocycles. The molecule has 0 aliphatic heterocycles. The van der Waals surface area contributed by atoms with E-state index in [9.17, 15) is 23.1 Å². The van der Waals surface area contributed by atoms with Gasteiger partial charge in [-0.1, -0.05) is 74.0 Å². The van der Waals surface area contributed by atoms with Crippen LogP contribution in [0.5, 0.6) is 0 Å². The lowest BCUT2D eigenvalue weighted by Gasteiger charge is -2.23. The molecule has 3 aromatic rings. The predicted octanol–water partition coefficient (Wildman–Crippen LogP) is 6.16. The Morgan fingerprint density at radius 3 is 2.33 bits per heavy atom. The molecule has 0 aromatic heterocycles. The van der Waals surface area contributed by atoms with Crippen LogP contribution in [0.3, 0.4) is 0 Å². The number of sulfonamides is 1. The summed E-state index contributed by atoms with van der Waals surface area (Å²) in [6.07, 6.45) is 5.04. The minimum atomic E-state index is -3.50. The van der Waals surface area contributed by atoms with Crippen molar-refractivity contribution < 1.29 is 23.1 Å². The molecule has 0 saturated heterocycles. The Kier molecular flexibility index (Phi) is 13.1. The molecule has 2 N–H and O–H groups in total. The molecule has 0 unspecified atom stereocenters. The number of nitrogens with zero attached hydrogens (tertiary/aromatic N) is 1. The summed E-state index contributed by atoms with van der Waals surface area (Å²) in [6, 6.07) is 22.0. The Balaban J connectivity index is 1.94. The minimum Gasteiger partial charge on any atom is -0.480 e. The number of benzene rings is 3. The molecule has 226 valence electrons. The van der Waals surface area contributed by atoms with Gasteiger partial charge in [0.05, 0.1) is 5.75 Å². The SMILES string of the molecule is CCCCS(=O)(=O)N(CCCc1ccccc1)Cc1ccc(C(=O)N[C@H](CCSC)C(=O)O)c(-c2ccccc2C)c1. The van der Waals surface area contributed by atoms with Crippen LogP contribution in [0.2, 0.25) is 0 Å². The first kappa shape index (κ1) is 33.4. The van der Waals surface area contributed by atoms with Gasteiger partial charge >= 0.3 is 5.97 Å². The van der Waals surface area contributed by atoms with Crippen LogP contribution in [-0.4, -0.2) is 60.1 Å². The van der Waals surface area contributed by atoms with E-state index in [0.717, 1.165) is 35.1 Å². The van der Waals surface area contributed by atoms with Crippen molar-refractivity contribution >= 4 is 33.7 Å². The van der Waals surface area contributed by atoms with Crippen molar-refractivity contribution in [1.82, 2.24) is 9.62 Å². The van der Waals surface area contributed by atoms with Gasteiger partial charge in [0.15, 0.2) is 0 Å². The second kappa shape index (κ2) is 16.5. The summed E-state index contributed by atoms with van der Waals surface area (Å²) in [4.78, 5) is 25.2. The fraction of sp³-hybridized carbons (Fsp3) is 0.394. The van der Waals surface area contributed by atoms with Crippen LogP contribution in [0.25, 0.3) is 11.1 Å².